The van der Waals surface area contributed by atoms with Gasteiger partial charge in [-0.15, -0.1) is 0 Å². The minimum atomic E-state index is -3.86. The quantitative estimate of drug-likeness (QED) is 0.457. The van der Waals surface area contributed by atoms with Gasteiger partial charge in [0.15, 0.2) is 0 Å². The summed E-state index contributed by atoms with van der Waals surface area (Å²) in [6.45, 7) is 0.641. The van der Waals surface area contributed by atoms with Crippen LogP contribution in [-0.4, -0.2) is 53.2 Å². The molecule has 0 N–H and O–H groups in total. The number of pyridine rings is 1. The van der Waals surface area contributed by atoms with Crippen LogP contribution in [0.5, 0.6) is 0 Å². The third-order valence-corrected chi connectivity index (χ3v) is 6.91. The first-order valence-electron chi connectivity index (χ1n) is 8.60. The van der Waals surface area contributed by atoms with Crippen molar-refractivity contribution in [1.82, 2.24) is 13.7 Å². The van der Waals surface area contributed by atoms with Gasteiger partial charge in [0.2, 0.25) is 21.5 Å². The molecule has 29 heavy (non-hydrogen) atoms. The highest BCUT2D eigenvalue weighted by Gasteiger charge is 2.33. The third-order valence-electron chi connectivity index (χ3n) is 4.73. The number of hydrogen-bond donors (Lipinski definition) is 0. The molecule has 0 saturated carbocycles. The van der Waals surface area contributed by atoms with Crippen molar-refractivity contribution in [2.45, 2.75) is 4.90 Å². The van der Waals surface area contributed by atoms with Crippen molar-refractivity contribution in [2.24, 2.45) is 0 Å². The van der Waals surface area contributed by atoms with Gasteiger partial charge in [0.25, 0.3) is 0 Å². The average molecular weight is 440 g/mol. The number of aromatic nitrogens is 2. The highest BCUT2D eigenvalue weighted by molar-refractivity contribution is 7.89. The van der Waals surface area contributed by atoms with Crippen molar-refractivity contribution >= 4 is 38.9 Å². The van der Waals surface area contributed by atoms with E-state index in [9.17, 15) is 22.9 Å². The van der Waals surface area contributed by atoms with Crippen LogP contribution in [0.4, 0.5) is 16.0 Å². The van der Waals surface area contributed by atoms with Crippen LogP contribution in [0.3, 0.4) is 0 Å². The summed E-state index contributed by atoms with van der Waals surface area (Å²) in [5.41, 5.74) is 0.435. The molecule has 0 radical (unpaired) electrons. The molecule has 9 nitrogen and oxygen atoms in total. The fourth-order valence-electron chi connectivity index (χ4n) is 3.28. The number of fused-ring (bicyclic) bond motifs is 1. The number of halogens is 2. The Morgan fingerprint density at radius 2 is 1.86 bits per heavy atom. The molecule has 1 fully saturated rings. The Morgan fingerprint density at radius 3 is 2.52 bits per heavy atom. The van der Waals surface area contributed by atoms with Gasteiger partial charge in [0, 0.05) is 32.2 Å². The maximum Gasteiger partial charge on any atom is 0.372 e. The first kappa shape index (κ1) is 19.6. The maximum atomic E-state index is 13.3. The average Bonchev–Trinajstić information content (AvgIpc) is 3.10. The van der Waals surface area contributed by atoms with Gasteiger partial charge in [-0.1, -0.05) is 17.7 Å². The molecule has 1 aliphatic heterocycles. The van der Waals surface area contributed by atoms with Crippen molar-refractivity contribution < 1.29 is 17.7 Å². The van der Waals surface area contributed by atoms with Crippen LogP contribution in [0.15, 0.2) is 47.5 Å². The van der Waals surface area contributed by atoms with Gasteiger partial charge in [-0.25, -0.2) is 12.8 Å². The standard InChI is InChI=1S/C17H15ClFN5O4S/c18-13-11-12(4-5-14(13)19)29(27,28)22-9-7-21(8-10-22)16-17(24(25)26)23-6-2-1-3-15(23)20-16/h1-6,11H,7-10H2. The van der Waals surface area contributed by atoms with Crippen molar-refractivity contribution in [3.8, 4) is 0 Å². The zero-order valence-corrected chi connectivity index (χ0v) is 16.5. The molecular weight excluding hydrogens is 425 g/mol. The fourth-order valence-corrected chi connectivity index (χ4v) is 4.97. The molecule has 152 valence electrons. The van der Waals surface area contributed by atoms with Gasteiger partial charge in [0.1, 0.15) is 5.82 Å². The second kappa shape index (κ2) is 7.25. The summed E-state index contributed by atoms with van der Waals surface area (Å²) in [4.78, 5) is 17.0. The number of sulfonamides is 1. The molecule has 0 amide bonds. The second-order valence-corrected chi connectivity index (χ2v) is 8.76. The number of anilines is 1. The second-order valence-electron chi connectivity index (χ2n) is 6.41. The summed E-state index contributed by atoms with van der Waals surface area (Å²) in [7, 11) is -3.86. The lowest BCUT2D eigenvalue weighted by Crippen LogP contribution is -2.49. The van der Waals surface area contributed by atoms with E-state index < -0.39 is 20.8 Å². The molecule has 3 heterocycles. The molecule has 0 aliphatic carbocycles. The predicted molar refractivity (Wildman–Crippen MR) is 104 cm³/mol. The first-order chi connectivity index (χ1) is 13.8. The molecule has 1 aliphatic rings. The largest absolute Gasteiger partial charge is 0.372 e. The summed E-state index contributed by atoms with van der Waals surface area (Å²) >= 11 is 5.71. The van der Waals surface area contributed by atoms with E-state index in [1.54, 1.807) is 29.3 Å². The maximum absolute atomic E-state index is 13.3. The highest BCUT2D eigenvalue weighted by Crippen LogP contribution is 2.30. The van der Waals surface area contributed by atoms with E-state index in [0.717, 1.165) is 18.2 Å². The molecule has 0 unspecified atom stereocenters. The minimum absolute atomic E-state index is 0.0996. The number of nitro groups is 1. The van der Waals surface area contributed by atoms with Gasteiger partial charge < -0.3 is 15.0 Å². The van der Waals surface area contributed by atoms with Crippen molar-refractivity contribution in [2.75, 3.05) is 31.1 Å². The number of benzene rings is 1. The van der Waals surface area contributed by atoms with Crippen LogP contribution in [0.2, 0.25) is 5.02 Å². The predicted octanol–water partition coefficient (Wildman–Crippen LogP) is 2.55. The molecule has 4 rings (SSSR count). The van der Waals surface area contributed by atoms with Crippen LogP contribution < -0.4 is 4.90 Å². The van der Waals surface area contributed by atoms with Gasteiger partial charge in [-0.3, -0.25) is 0 Å². The summed E-state index contributed by atoms with van der Waals surface area (Å²) in [6, 6.07) is 8.31. The Kier molecular flexibility index (Phi) is 4.89. The molecule has 0 atom stereocenters. The zero-order valence-electron chi connectivity index (χ0n) is 14.9. The highest BCUT2D eigenvalue weighted by atomic mass is 35.5. The first-order valence-corrected chi connectivity index (χ1v) is 10.4. The van der Waals surface area contributed by atoms with E-state index in [2.05, 4.69) is 4.98 Å². The van der Waals surface area contributed by atoms with Crippen molar-refractivity contribution in [1.29, 1.82) is 0 Å². The van der Waals surface area contributed by atoms with Crippen LogP contribution in [0.1, 0.15) is 0 Å². The summed E-state index contributed by atoms with van der Waals surface area (Å²) < 4.78 is 41.6. The fraction of sp³-hybridized carbons (Fsp3) is 0.235. The molecule has 1 aromatic carbocycles. The number of rotatable bonds is 4. The van der Waals surface area contributed by atoms with Crippen molar-refractivity contribution in [3.05, 3.63) is 63.5 Å². The van der Waals surface area contributed by atoms with Crippen LogP contribution in [-0.2, 0) is 10.0 Å². The molecule has 3 aromatic rings. The summed E-state index contributed by atoms with van der Waals surface area (Å²) in [6.07, 6.45) is 1.56. The van der Waals surface area contributed by atoms with Gasteiger partial charge in [-0.05, 0) is 29.2 Å². The van der Waals surface area contributed by atoms with Gasteiger partial charge in [0.05, 0.1) is 16.1 Å². The Labute approximate surface area is 170 Å². The van der Waals surface area contributed by atoms with E-state index in [4.69, 9.17) is 11.6 Å². The van der Waals surface area contributed by atoms with E-state index in [-0.39, 0.29) is 47.7 Å². The van der Waals surface area contributed by atoms with Crippen LogP contribution in [0.25, 0.3) is 5.65 Å². The van der Waals surface area contributed by atoms with Crippen LogP contribution in [0, 0.1) is 15.9 Å². The summed E-state index contributed by atoms with van der Waals surface area (Å²) in [5.74, 6) is -0.667. The number of imidazole rings is 1. The Hall–Kier alpha value is -2.76. The normalized spacial score (nSPS) is 15.7. The van der Waals surface area contributed by atoms with E-state index in [0.29, 0.717) is 5.65 Å². The smallest absolute Gasteiger partial charge is 0.358 e. The third kappa shape index (κ3) is 3.41. The molecule has 0 bridgehead atoms. The molecule has 2 aromatic heterocycles. The number of hydrogen-bond acceptors (Lipinski definition) is 6. The molecule has 0 spiro atoms. The van der Waals surface area contributed by atoms with E-state index in [1.807, 2.05) is 0 Å². The SMILES string of the molecule is O=[N+]([O-])c1c(N2CCN(S(=O)(=O)c3ccc(F)c(Cl)c3)CC2)nc2ccccn12. The van der Waals surface area contributed by atoms with E-state index in [1.165, 1.54) is 8.71 Å². The zero-order chi connectivity index (χ0) is 20.8. The lowest BCUT2D eigenvalue weighted by molar-refractivity contribution is -0.389. The topological polar surface area (TPSA) is 101 Å². The Balaban J connectivity index is 1.58. The lowest BCUT2D eigenvalue weighted by Gasteiger charge is -2.33. The molecule has 12 heteroatoms. The van der Waals surface area contributed by atoms with Crippen LogP contribution >= 0.6 is 11.6 Å². The summed E-state index contributed by atoms with van der Waals surface area (Å²) in [5, 5.41) is 11.3. The minimum Gasteiger partial charge on any atom is -0.358 e. The number of nitrogens with zero attached hydrogens (tertiary/aromatic N) is 5. The van der Waals surface area contributed by atoms with E-state index >= 15 is 0 Å². The molecular formula is C17H15ClFN5O4S. The number of piperazine rings is 1. The monoisotopic (exact) mass is 439 g/mol. The lowest BCUT2D eigenvalue weighted by atomic mass is 10.3. The Morgan fingerprint density at radius 1 is 1.14 bits per heavy atom. The van der Waals surface area contributed by atoms with Gasteiger partial charge in [-0.2, -0.15) is 13.7 Å². The Bertz CT molecular complexity index is 1210. The van der Waals surface area contributed by atoms with Gasteiger partial charge >= 0.3 is 5.82 Å². The van der Waals surface area contributed by atoms with Crippen molar-refractivity contribution in [3.63, 3.8) is 0 Å². The molecule has 1 saturated heterocycles.